The van der Waals surface area contributed by atoms with Crippen LogP contribution in [0.5, 0.6) is 0 Å². The van der Waals surface area contributed by atoms with Crippen molar-refractivity contribution in [3.05, 3.63) is 47.1 Å². The summed E-state index contributed by atoms with van der Waals surface area (Å²) in [6.07, 6.45) is 7.13. The highest BCUT2D eigenvalue weighted by Crippen LogP contribution is 2.30. The Morgan fingerprint density at radius 1 is 1.09 bits per heavy atom. The lowest BCUT2D eigenvalue weighted by atomic mass is 9.95. The van der Waals surface area contributed by atoms with Crippen molar-refractivity contribution >= 4 is 28.1 Å². The highest BCUT2D eigenvalue weighted by molar-refractivity contribution is 7.89. The van der Waals surface area contributed by atoms with Crippen LogP contribution in [-0.2, 0) is 14.8 Å². The number of benzene rings is 1. The van der Waals surface area contributed by atoms with Gasteiger partial charge in [0.15, 0.2) is 10.7 Å². The smallest absolute Gasteiger partial charge is 0.248 e. The van der Waals surface area contributed by atoms with Gasteiger partial charge in [-0.3, -0.25) is 4.79 Å². The molecule has 9 heteroatoms. The van der Waals surface area contributed by atoms with Gasteiger partial charge in [0.05, 0.1) is 0 Å². The molecule has 2 saturated heterocycles. The van der Waals surface area contributed by atoms with Crippen LogP contribution in [0.2, 0.25) is 0 Å². The standard InChI is InChI=1S/C23H28FN3O4S/c1-17-22(21(31-25-17)10-9-18-7-3-4-8-20(18)24)32(29,30)27-15-11-19(12-16-27)23(28)26-13-5-2-6-14-26/h3-4,7-10,19H,2,5-6,11-16H2,1H3. The van der Waals surface area contributed by atoms with Crippen molar-refractivity contribution < 1.29 is 22.1 Å². The molecule has 2 aliphatic heterocycles. The lowest BCUT2D eigenvalue weighted by Gasteiger charge is -2.35. The Kier molecular flexibility index (Phi) is 6.76. The quantitative estimate of drug-likeness (QED) is 0.678. The normalized spacial score (nSPS) is 19.0. The molecule has 3 heterocycles. The van der Waals surface area contributed by atoms with Crippen LogP contribution in [0.15, 0.2) is 33.7 Å². The molecule has 1 amide bonds. The molecule has 0 bridgehead atoms. The van der Waals surface area contributed by atoms with Gasteiger partial charge in [0, 0.05) is 37.7 Å². The summed E-state index contributed by atoms with van der Waals surface area (Å²) in [5.41, 5.74) is 0.576. The average Bonchev–Trinajstić information content (AvgIpc) is 3.20. The van der Waals surface area contributed by atoms with Gasteiger partial charge in [-0.25, -0.2) is 12.8 Å². The van der Waals surface area contributed by atoms with Gasteiger partial charge >= 0.3 is 0 Å². The number of halogens is 1. The van der Waals surface area contributed by atoms with E-state index in [1.54, 1.807) is 25.1 Å². The van der Waals surface area contributed by atoms with Gasteiger partial charge in [-0.2, -0.15) is 4.31 Å². The predicted molar refractivity (Wildman–Crippen MR) is 118 cm³/mol. The van der Waals surface area contributed by atoms with Crippen LogP contribution in [0, 0.1) is 18.7 Å². The molecule has 0 N–H and O–H groups in total. The number of carbonyl (C=O) groups is 1. The maximum atomic E-state index is 13.9. The van der Waals surface area contributed by atoms with E-state index in [-0.39, 0.29) is 41.3 Å². The highest BCUT2D eigenvalue weighted by Gasteiger charge is 2.37. The average molecular weight is 462 g/mol. The summed E-state index contributed by atoms with van der Waals surface area (Å²) < 4.78 is 47.3. The van der Waals surface area contributed by atoms with Gasteiger partial charge in [0.2, 0.25) is 15.9 Å². The molecule has 2 aromatic rings. The molecule has 0 saturated carbocycles. The minimum absolute atomic E-state index is 0.00843. The molecule has 2 fully saturated rings. The number of amides is 1. The van der Waals surface area contributed by atoms with E-state index in [1.165, 1.54) is 22.5 Å². The predicted octanol–water partition coefficient (Wildman–Crippen LogP) is 3.71. The Balaban J connectivity index is 1.48. The number of aryl methyl sites for hydroxylation is 1. The number of likely N-dealkylation sites (tertiary alicyclic amines) is 1. The number of hydrogen-bond acceptors (Lipinski definition) is 5. The molecule has 7 nitrogen and oxygen atoms in total. The molecule has 0 radical (unpaired) electrons. The molecule has 2 aliphatic rings. The zero-order valence-corrected chi connectivity index (χ0v) is 19.0. The fourth-order valence-corrected chi connectivity index (χ4v) is 6.14. The van der Waals surface area contributed by atoms with E-state index in [0.29, 0.717) is 18.4 Å². The van der Waals surface area contributed by atoms with E-state index in [4.69, 9.17) is 4.52 Å². The van der Waals surface area contributed by atoms with Crippen molar-refractivity contribution in [3.63, 3.8) is 0 Å². The lowest BCUT2D eigenvalue weighted by Crippen LogP contribution is -2.45. The summed E-state index contributed by atoms with van der Waals surface area (Å²) in [5, 5.41) is 3.83. The Morgan fingerprint density at radius 3 is 2.47 bits per heavy atom. The van der Waals surface area contributed by atoms with Crippen molar-refractivity contribution in [3.8, 4) is 0 Å². The maximum absolute atomic E-state index is 13.9. The van der Waals surface area contributed by atoms with E-state index in [0.717, 1.165) is 32.4 Å². The third-order valence-corrected chi connectivity index (χ3v) is 8.28. The molecule has 0 unspecified atom stereocenters. The van der Waals surface area contributed by atoms with Crippen molar-refractivity contribution in [1.29, 1.82) is 0 Å². The number of piperidine rings is 2. The number of nitrogens with zero attached hydrogens (tertiary/aromatic N) is 3. The van der Waals surface area contributed by atoms with Gasteiger partial charge in [-0.1, -0.05) is 23.4 Å². The van der Waals surface area contributed by atoms with E-state index in [1.807, 2.05) is 4.90 Å². The van der Waals surface area contributed by atoms with Gasteiger partial charge in [-0.15, -0.1) is 0 Å². The van der Waals surface area contributed by atoms with Crippen LogP contribution < -0.4 is 0 Å². The maximum Gasteiger partial charge on any atom is 0.248 e. The summed E-state index contributed by atoms with van der Waals surface area (Å²) in [6, 6.07) is 6.20. The first-order valence-corrected chi connectivity index (χ1v) is 12.5. The largest absolute Gasteiger partial charge is 0.355 e. The first kappa shape index (κ1) is 22.7. The Labute approximate surface area is 187 Å². The first-order chi connectivity index (χ1) is 15.4. The highest BCUT2D eigenvalue weighted by atomic mass is 32.2. The molecular formula is C23H28FN3O4S. The van der Waals surface area contributed by atoms with Crippen molar-refractivity contribution in [2.45, 2.75) is 43.9 Å². The molecule has 0 aliphatic carbocycles. The van der Waals surface area contributed by atoms with Crippen LogP contribution in [-0.4, -0.2) is 54.9 Å². The van der Waals surface area contributed by atoms with Crippen molar-refractivity contribution in [1.82, 2.24) is 14.4 Å². The third kappa shape index (κ3) is 4.63. The van der Waals surface area contributed by atoms with Crippen molar-refractivity contribution in [2.24, 2.45) is 5.92 Å². The number of rotatable bonds is 5. The topological polar surface area (TPSA) is 83.7 Å². The van der Waals surface area contributed by atoms with Gasteiger partial charge in [-0.05, 0) is 57.2 Å². The number of carbonyl (C=O) groups excluding carboxylic acids is 1. The van der Waals surface area contributed by atoms with Crippen LogP contribution in [0.1, 0.15) is 49.1 Å². The zero-order valence-electron chi connectivity index (χ0n) is 18.2. The number of hydrogen-bond donors (Lipinski definition) is 0. The fourth-order valence-electron chi connectivity index (χ4n) is 4.42. The van der Waals surface area contributed by atoms with Crippen LogP contribution >= 0.6 is 0 Å². The third-order valence-electron chi connectivity index (χ3n) is 6.22. The van der Waals surface area contributed by atoms with Gasteiger partial charge in [0.1, 0.15) is 11.5 Å². The fraction of sp³-hybridized carbons (Fsp3) is 0.478. The summed E-state index contributed by atoms with van der Waals surface area (Å²) in [4.78, 5) is 14.7. The summed E-state index contributed by atoms with van der Waals surface area (Å²) in [5.74, 6) is -0.331. The molecular weight excluding hydrogens is 433 g/mol. The molecule has 0 atom stereocenters. The molecule has 1 aromatic carbocycles. The van der Waals surface area contributed by atoms with E-state index in [9.17, 15) is 17.6 Å². The summed E-state index contributed by atoms with van der Waals surface area (Å²) in [7, 11) is -3.86. The van der Waals surface area contributed by atoms with Crippen molar-refractivity contribution in [2.75, 3.05) is 26.2 Å². The summed E-state index contributed by atoms with van der Waals surface area (Å²) in [6.45, 7) is 3.72. The minimum atomic E-state index is -3.86. The Bertz CT molecular complexity index is 1100. The monoisotopic (exact) mass is 461 g/mol. The Hall–Kier alpha value is -2.52. The number of sulfonamides is 1. The van der Waals surface area contributed by atoms with Crippen LogP contribution in [0.3, 0.4) is 0 Å². The molecule has 4 rings (SSSR count). The SMILES string of the molecule is Cc1noc(C=Cc2ccccc2F)c1S(=O)(=O)N1CCC(C(=O)N2CCCCC2)CC1. The van der Waals surface area contributed by atoms with Gasteiger partial charge in [0.25, 0.3) is 0 Å². The van der Waals surface area contributed by atoms with E-state index < -0.39 is 15.8 Å². The molecule has 1 aromatic heterocycles. The number of aromatic nitrogens is 1. The lowest BCUT2D eigenvalue weighted by molar-refractivity contribution is -0.137. The van der Waals surface area contributed by atoms with Crippen LogP contribution in [0.25, 0.3) is 12.2 Å². The van der Waals surface area contributed by atoms with Gasteiger partial charge < -0.3 is 9.42 Å². The second-order valence-corrected chi connectivity index (χ2v) is 10.3. The van der Waals surface area contributed by atoms with E-state index in [2.05, 4.69) is 5.16 Å². The molecule has 0 spiro atoms. The molecule has 172 valence electrons. The van der Waals surface area contributed by atoms with Crippen LogP contribution in [0.4, 0.5) is 4.39 Å². The first-order valence-electron chi connectivity index (χ1n) is 11.1. The van der Waals surface area contributed by atoms with E-state index >= 15 is 0 Å². The second kappa shape index (κ2) is 9.54. The molecule has 32 heavy (non-hydrogen) atoms. The second-order valence-electron chi connectivity index (χ2n) is 8.38. The minimum Gasteiger partial charge on any atom is -0.355 e. The Morgan fingerprint density at radius 2 is 1.78 bits per heavy atom. The zero-order chi connectivity index (χ0) is 22.7. The summed E-state index contributed by atoms with van der Waals surface area (Å²) >= 11 is 0.